The maximum atomic E-state index is 13.7. The van der Waals surface area contributed by atoms with Gasteiger partial charge in [-0.1, -0.05) is 145 Å². The van der Waals surface area contributed by atoms with Crippen LogP contribution in [0.4, 0.5) is 11.4 Å². The fraction of sp³-hybridized carbons (Fsp3) is 0.429. The molecule has 4 aromatic rings. The van der Waals surface area contributed by atoms with Crippen molar-refractivity contribution < 1.29 is 23.1 Å². The van der Waals surface area contributed by atoms with Crippen LogP contribution in [0.2, 0.25) is 5.02 Å². The van der Waals surface area contributed by atoms with Crippen LogP contribution in [0, 0.1) is 0 Å². The summed E-state index contributed by atoms with van der Waals surface area (Å²) in [6.07, 6.45) is 17.4. The molecule has 0 aromatic heterocycles. The number of anilines is 2. The molecular formula is C42H53ClN2O5S. The quantitative estimate of drug-likeness (QED) is 0.0583. The molecule has 1 atom stereocenters. The van der Waals surface area contributed by atoms with Gasteiger partial charge in [0.2, 0.25) is 5.91 Å². The van der Waals surface area contributed by atoms with Crippen molar-refractivity contribution in [1.29, 1.82) is 0 Å². The van der Waals surface area contributed by atoms with E-state index in [0.29, 0.717) is 5.56 Å². The zero-order chi connectivity index (χ0) is 36.6. The third-order valence-electron chi connectivity index (χ3n) is 9.44. The lowest BCUT2D eigenvalue weighted by Gasteiger charge is -2.18. The molecule has 0 saturated carbocycles. The number of nitrogens with one attached hydrogen (secondary N) is 2. The largest absolute Gasteiger partial charge is 0.506 e. The first-order chi connectivity index (χ1) is 24.6. The molecule has 274 valence electrons. The Bertz CT molecular complexity index is 1860. The molecule has 0 aliphatic carbocycles. The van der Waals surface area contributed by atoms with Crippen LogP contribution >= 0.6 is 11.6 Å². The van der Waals surface area contributed by atoms with Gasteiger partial charge >= 0.3 is 0 Å². The number of carbonyl (C=O) groups is 2. The molecule has 7 nitrogen and oxygen atoms in total. The average molecular weight is 733 g/mol. The minimum Gasteiger partial charge on any atom is -0.506 e. The topological polar surface area (TPSA) is 113 Å². The molecule has 4 rings (SSSR count). The number of phenols is 1. The average Bonchev–Trinajstić information content (AvgIpc) is 3.12. The predicted molar refractivity (Wildman–Crippen MR) is 211 cm³/mol. The number of hydrogen-bond acceptors (Lipinski definition) is 5. The number of halogens is 1. The Balaban J connectivity index is 1.28. The number of hydrogen-bond donors (Lipinski definition) is 3. The summed E-state index contributed by atoms with van der Waals surface area (Å²) < 4.78 is 27.4. The van der Waals surface area contributed by atoms with Gasteiger partial charge in [0.25, 0.3) is 5.91 Å². The van der Waals surface area contributed by atoms with Crippen LogP contribution < -0.4 is 10.6 Å². The maximum absolute atomic E-state index is 13.7. The van der Waals surface area contributed by atoms with E-state index in [2.05, 4.69) is 17.6 Å². The van der Waals surface area contributed by atoms with Crippen molar-refractivity contribution in [1.82, 2.24) is 0 Å². The first kappa shape index (κ1) is 39.9. The van der Waals surface area contributed by atoms with E-state index in [1.54, 1.807) is 31.2 Å². The lowest BCUT2D eigenvalue weighted by Crippen LogP contribution is -2.34. The van der Waals surface area contributed by atoms with E-state index in [-0.39, 0.29) is 33.5 Å². The van der Waals surface area contributed by atoms with Gasteiger partial charge in [0.05, 0.1) is 21.3 Å². The number of phenolic OH excluding ortho intramolecular Hbond substituents is 1. The number of benzene rings is 4. The monoisotopic (exact) mass is 732 g/mol. The van der Waals surface area contributed by atoms with Crippen molar-refractivity contribution in [2.24, 2.45) is 0 Å². The smallest absolute Gasteiger partial charge is 0.255 e. The van der Waals surface area contributed by atoms with Crippen molar-refractivity contribution in [3.8, 4) is 5.75 Å². The van der Waals surface area contributed by atoms with Gasteiger partial charge in [-0.3, -0.25) is 9.59 Å². The van der Waals surface area contributed by atoms with Crippen LogP contribution in [0.25, 0.3) is 10.8 Å². The number of amides is 2. The maximum Gasteiger partial charge on any atom is 0.255 e. The number of fused-ring (bicyclic) bond motifs is 1. The van der Waals surface area contributed by atoms with Gasteiger partial charge in [-0.15, -0.1) is 0 Å². The molecule has 0 radical (unpaired) electrons. The highest BCUT2D eigenvalue weighted by molar-refractivity contribution is 7.92. The van der Waals surface area contributed by atoms with Crippen LogP contribution in [0.3, 0.4) is 0 Å². The van der Waals surface area contributed by atoms with Gasteiger partial charge in [-0.05, 0) is 65.9 Å². The highest BCUT2D eigenvalue weighted by Gasteiger charge is 2.33. The minimum absolute atomic E-state index is 0.0296. The number of aryl methyl sites for hydroxylation is 1. The van der Waals surface area contributed by atoms with Crippen molar-refractivity contribution in [2.45, 2.75) is 120 Å². The molecule has 0 saturated heterocycles. The lowest BCUT2D eigenvalue weighted by molar-refractivity contribution is -0.115. The van der Waals surface area contributed by atoms with Gasteiger partial charge < -0.3 is 15.7 Å². The zero-order valence-corrected chi connectivity index (χ0v) is 31.6. The van der Waals surface area contributed by atoms with Crippen LogP contribution in [-0.2, 0) is 21.1 Å². The van der Waals surface area contributed by atoms with Gasteiger partial charge in [0.15, 0.2) is 9.84 Å². The predicted octanol–water partition coefficient (Wildman–Crippen LogP) is 11.3. The third-order valence-corrected chi connectivity index (χ3v) is 12.0. The molecule has 0 heterocycles. The molecule has 4 aromatic carbocycles. The molecule has 0 aliphatic heterocycles. The van der Waals surface area contributed by atoms with E-state index >= 15 is 0 Å². The van der Waals surface area contributed by atoms with E-state index < -0.39 is 26.9 Å². The summed E-state index contributed by atoms with van der Waals surface area (Å²) >= 11 is 6.45. The van der Waals surface area contributed by atoms with E-state index in [9.17, 15) is 23.1 Å². The standard InChI is InChI=1S/C42H53ClN2O5S/c1-3-5-6-7-8-9-10-11-12-13-14-15-16-20-31-21-19-24-35(27-31)51(49,50)40(4-2)42(48)44-37-30-39(46)38(29-36(37)43)45-41(47)34-26-25-32-22-17-18-23-33(32)28-34/h17-19,21-30,40,46H,3-16,20H2,1-2H3,(H,44,48)(H,45,47). The first-order valence-electron chi connectivity index (χ1n) is 18.6. The summed E-state index contributed by atoms with van der Waals surface area (Å²) in [6, 6.07) is 22.3. The van der Waals surface area contributed by atoms with Crippen molar-refractivity contribution in [3.05, 3.63) is 95.0 Å². The Labute approximate surface area is 309 Å². The fourth-order valence-electron chi connectivity index (χ4n) is 6.43. The van der Waals surface area contributed by atoms with E-state index in [1.165, 1.54) is 88.8 Å². The van der Waals surface area contributed by atoms with Crippen LogP contribution in [0.5, 0.6) is 5.75 Å². The number of carbonyl (C=O) groups excluding carboxylic acids is 2. The van der Waals surface area contributed by atoms with Gasteiger partial charge in [-0.2, -0.15) is 0 Å². The van der Waals surface area contributed by atoms with E-state index in [4.69, 9.17) is 11.6 Å². The van der Waals surface area contributed by atoms with Gasteiger partial charge in [0.1, 0.15) is 11.0 Å². The number of rotatable bonds is 21. The van der Waals surface area contributed by atoms with Crippen LogP contribution in [-0.4, -0.2) is 30.6 Å². The summed E-state index contributed by atoms with van der Waals surface area (Å²) in [5.41, 5.74) is 1.42. The molecule has 0 fully saturated rings. The second kappa shape index (κ2) is 20.2. The van der Waals surface area contributed by atoms with Crippen molar-refractivity contribution in [2.75, 3.05) is 10.6 Å². The normalized spacial score (nSPS) is 12.1. The van der Waals surface area contributed by atoms with E-state index in [0.717, 1.165) is 35.6 Å². The Kier molecular flexibility index (Phi) is 15.8. The minimum atomic E-state index is -4.02. The second-order valence-electron chi connectivity index (χ2n) is 13.4. The Morgan fingerprint density at radius 3 is 1.96 bits per heavy atom. The molecule has 9 heteroatoms. The van der Waals surface area contributed by atoms with Gasteiger partial charge in [0, 0.05) is 11.6 Å². The molecule has 2 amide bonds. The molecule has 1 unspecified atom stereocenters. The SMILES string of the molecule is CCCCCCCCCCCCCCCc1cccc(S(=O)(=O)C(CC)C(=O)Nc2cc(O)c(NC(=O)c3ccc4ccccc4c3)cc2Cl)c1. The Morgan fingerprint density at radius 1 is 0.686 bits per heavy atom. The zero-order valence-electron chi connectivity index (χ0n) is 30.1. The summed E-state index contributed by atoms with van der Waals surface area (Å²) in [7, 11) is -4.02. The Hall–Kier alpha value is -3.88. The highest BCUT2D eigenvalue weighted by Crippen LogP contribution is 2.35. The lowest BCUT2D eigenvalue weighted by atomic mass is 10.0. The number of unbranched alkanes of at least 4 members (excludes halogenated alkanes) is 12. The van der Waals surface area contributed by atoms with Crippen molar-refractivity contribution >= 4 is 55.4 Å². The number of aromatic hydroxyl groups is 1. The van der Waals surface area contributed by atoms with Gasteiger partial charge in [-0.25, -0.2) is 8.42 Å². The van der Waals surface area contributed by atoms with E-state index in [1.807, 2.05) is 36.4 Å². The summed E-state index contributed by atoms with van der Waals surface area (Å²) in [4.78, 5) is 26.4. The molecular weight excluding hydrogens is 680 g/mol. The molecule has 0 aliphatic rings. The summed E-state index contributed by atoms with van der Waals surface area (Å²) in [5, 5.41) is 16.5. The van der Waals surface area contributed by atoms with Crippen LogP contribution in [0.1, 0.15) is 120 Å². The fourth-order valence-corrected chi connectivity index (χ4v) is 8.33. The molecule has 0 spiro atoms. The highest BCUT2D eigenvalue weighted by atomic mass is 35.5. The second-order valence-corrected chi connectivity index (χ2v) is 16.0. The summed E-state index contributed by atoms with van der Waals surface area (Å²) in [5.74, 6) is -1.54. The Morgan fingerprint density at radius 2 is 1.31 bits per heavy atom. The van der Waals surface area contributed by atoms with Crippen molar-refractivity contribution in [3.63, 3.8) is 0 Å². The molecule has 51 heavy (non-hydrogen) atoms. The number of sulfone groups is 1. The third kappa shape index (κ3) is 11.8. The summed E-state index contributed by atoms with van der Waals surface area (Å²) in [6.45, 7) is 3.89. The molecule has 0 bridgehead atoms. The molecule has 3 N–H and O–H groups in total. The van der Waals surface area contributed by atoms with Crippen LogP contribution in [0.15, 0.2) is 83.8 Å². The first-order valence-corrected chi connectivity index (χ1v) is 20.5.